The molecule has 3 heteroatoms. The molecular formula is C14H28N2O. The summed E-state index contributed by atoms with van der Waals surface area (Å²) >= 11 is 0. The third kappa shape index (κ3) is 4.57. The summed E-state index contributed by atoms with van der Waals surface area (Å²) in [7, 11) is 0. The molecule has 2 aliphatic heterocycles. The smallest absolute Gasteiger partial charge is 0.0509 e. The Bertz CT molecular complexity index is 198. The van der Waals surface area contributed by atoms with Crippen molar-refractivity contribution in [3.8, 4) is 0 Å². The fourth-order valence-corrected chi connectivity index (χ4v) is 2.93. The summed E-state index contributed by atoms with van der Waals surface area (Å²) in [6.07, 6.45) is 6.78. The van der Waals surface area contributed by atoms with Crippen molar-refractivity contribution in [2.45, 2.75) is 45.1 Å². The van der Waals surface area contributed by atoms with Crippen LogP contribution >= 0.6 is 0 Å². The third-order valence-electron chi connectivity index (χ3n) is 4.24. The van der Waals surface area contributed by atoms with Gasteiger partial charge in [0.2, 0.25) is 0 Å². The summed E-state index contributed by atoms with van der Waals surface area (Å²) in [5.41, 5.74) is 0. The van der Waals surface area contributed by atoms with E-state index in [9.17, 15) is 0 Å². The van der Waals surface area contributed by atoms with Gasteiger partial charge in [-0.05, 0) is 64.7 Å². The summed E-state index contributed by atoms with van der Waals surface area (Å²) in [6, 6.07) is 0.624. The van der Waals surface area contributed by atoms with Crippen molar-refractivity contribution in [1.29, 1.82) is 0 Å². The van der Waals surface area contributed by atoms with Crippen LogP contribution in [0.15, 0.2) is 0 Å². The van der Waals surface area contributed by atoms with Gasteiger partial charge < -0.3 is 15.0 Å². The normalized spacial score (nSPS) is 28.4. The fourth-order valence-electron chi connectivity index (χ4n) is 2.93. The minimum absolute atomic E-state index is 0.624. The molecule has 2 atom stereocenters. The lowest BCUT2D eigenvalue weighted by atomic mass is 10.0. The fraction of sp³-hybridized carbons (Fsp3) is 1.00. The maximum Gasteiger partial charge on any atom is 0.0509 e. The van der Waals surface area contributed by atoms with E-state index in [1.807, 2.05) is 0 Å². The summed E-state index contributed by atoms with van der Waals surface area (Å²) in [6.45, 7) is 9.32. The molecule has 2 unspecified atom stereocenters. The second-order valence-electron chi connectivity index (χ2n) is 5.62. The zero-order valence-corrected chi connectivity index (χ0v) is 11.3. The highest BCUT2D eigenvalue weighted by molar-refractivity contribution is 4.75. The largest absolute Gasteiger partial charge is 0.381 e. The van der Waals surface area contributed by atoms with E-state index in [0.29, 0.717) is 6.04 Å². The molecule has 0 aromatic heterocycles. The van der Waals surface area contributed by atoms with Crippen molar-refractivity contribution >= 4 is 0 Å². The maximum atomic E-state index is 5.43. The molecule has 0 saturated carbocycles. The third-order valence-corrected chi connectivity index (χ3v) is 4.24. The van der Waals surface area contributed by atoms with Crippen LogP contribution in [-0.2, 0) is 4.74 Å². The lowest BCUT2D eigenvalue weighted by Crippen LogP contribution is -2.37. The van der Waals surface area contributed by atoms with Crippen LogP contribution in [-0.4, -0.2) is 50.3 Å². The van der Waals surface area contributed by atoms with Crippen molar-refractivity contribution in [3.63, 3.8) is 0 Å². The SMILES string of the molecule is CC(NCCCN1CCCCC1)C1CCOC1. The topological polar surface area (TPSA) is 24.5 Å². The molecule has 2 saturated heterocycles. The number of hydrogen-bond donors (Lipinski definition) is 1. The van der Waals surface area contributed by atoms with Gasteiger partial charge in [-0.1, -0.05) is 6.42 Å². The summed E-state index contributed by atoms with van der Waals surface area (Å²) in [5, 5.41) is 3.66. The van der Waals surface area contributed by atoms with Gasteiger partial charge in [0.15, 0.2) is 0 Å². The van der Waals surface area contributed by atoms with Crippen LogP contribution in [0.1, 0.15) is 39.0 Å². The van der Waals surface area contributed by atoms with Gasteiger partial charge in [0.25, 0.3) is 0 Å². The number of hydrogen-bond acceptors (Lipinski definition) is 3. The summed E-state index contributed by atoms with van der Waals surface area (Å²) in [4.78, 5) is 2.62. The van der Waals surface area contributed by atoms with E-state index in [4.69, 9.17) is 4.74 Å². The molecule has 2 aliphatic rings. The van der Waals surface area contributed by atoms with Crippen LogP contribution in [0.3, 0.4) is 0 Å². The Kier molecular flexibility index (Phi) is 5.75. The van der Waals surface area contributed by atoms with E-state index in [-0.39, 0.29) is 0 Å². The van der Waals surface area contributed by atoms with Crippen molar-refractivity contribution in [2.24, 2.45) is 5.92 Å². The molecule has 3 nitrogen and oxygen atoms in total. The highest BCUT2D eigenvalue weighted by atomic mass is 16.5. The van der Waals surface area contributed by atoms with E-state index < -0.39 is 0 Å². The summed E-state index contributed by atoms with van der Waals surface area (Å²) in [5.74, 6) is 0.741. The van der Waals surface area contributed by atoms with Gasteiger partial charge in [0.05, 0.1) is 6.61 Å². The minimum atomic E-state index is 0.624. The Morgan fingerprint density at radius 1 is 1.29 bits per heavy atom. The molecule has 0 aromatic rings. The zero-order chi connectivity index (χ0) is 11.9. The molecular weight excluding hydrogens is 212 g/mol. The highest BCUT2D eigenvalue weighted by Gasteiger charge is 2.21. The number of piperidine rings is 1. The molecule has 0 radical (unpaired) electrons. The lowest BCUT2D eigenvalue weighted by molar-refractivity contribution is 0.177. The first kappa shape index (κ1) is 13.3. The molecule has 2 heterocycles. The Labute approximate surface area is 106 Å². The van der Waals surface area contributed by atoms with Gasteiger partial charge >= 0.3 is 0 Å². The molecule has 17 heavy (non-hydrogen) atoms. The summed E-state index contributed by atoms with van der Waals surface area (Å²) < 4.78 is 5.43. The predicted molar refractivity (Wildman–Crippen MR) is 71.3 cm³/mol. The number of rotatable bonds is 6. The average molecular weight is 240 g/mol. The molecule has 0 bridgehead atoms. The first-order valence-electron chi connectivity index (χ1n) is 7.40. The van der Waals surface area contributed by atoms with Crippen molar-refractivity contribution in [3.05, 3.63) is 0 Å². The number of ether oxygens (including phenoxy) is 1. The van der Waals surface area contributed by atoms with Crippen LogP contribution in [0.4, 0.5) is 0 Å². The number of likely N-dealkylation sites (tertiary alicyclic amines) is 1. The molecule has 2 rings (SSSR count). The number of nitrogens with one attached hydrogen (secondary N) is 1. The van der Waals surface area contributed by atoms with E-state index in [1.54, 1.807) is 0 Å². The predicted octanol–water partition coefficient (Wildman–Crippen LogP) is 1.88. The molecule has 100 valence electrons. The van der Waals surface area contributed by atoms with Crippen LogP contribution < -0.4 is 5.32 Å². The average Bonchev–Trinajstić information content (AvgIpc) is 2.89. The molecule has 0 spiro atoms. The van der Waals surface area contributed by atoms with E-state index in [1.165, 1.54) is 51.7 Å². The molecule has 0 aliphatic carbocycles. The second-order valence-corrected chi connectivity index (χ2v) is 5.62. The van der Waals surface area contributed by atoms with Crippen LogP contribution in [0.2, 0.25) is 0 Å². The van der Waals surface area contributed by atoms with Crippen LogP contribution in [0.5, 0.6) is 0 Å². The van der Waals surface area contributed by atoms with E-state index >= 15 is 0 Å². The van der Waals surface area contributed by atoms with Gasteiger partial charge in [-0.2, -0.15) is 0 Å². The van der Waals surface area contributed by atoms with Gasteiger partial charge in [0, 0.05) is 12.6 Å². The Morgan fingerprint density at radius 3 is 2.82 bits per heavy atom. The van der Waals surface area contributed by atoms with Crippen molar-refractivity contribution < 1.29 is 4.74 Å². The van der Waals surface area contributed by atoms with Crippen LogP contribution in [0, 0.1) is 5.92 Å². The first-order valence-corrected chi connectivity index (χ1v) is 7.40. The molecule has 0 amide bonds. The number of nitrogens with zero attached hydrogens (tertiary/aromatic N) is 1. The second kappa shape index (κ2) is 7.34. The molecule has 1 N–H and O–H groups in total. The van der Waals surface area contributed by atoms with Gasteiger partial charge in [-0.15, -0.1) is 0 Å². The highest BCUT2D eigenvalue weighted by Crippen LogP contribution is 2.16. The first-order chi connectivity index (χ1) is 8.36. The standard InChI is InChI=1S/C14H28N2O/c1-13(14-6-11-17-12-14)15-7-5-10-16-8-3-2-4-9-16/h13-15H,2-12H2,1H3. The lowest BCUT2D eigenvalue weighted by Gasteiger charge is -2.27. The zero-order valence-electron chi connectivity index (χ0n) is 11.3. The maximum absolute atomic E-state index is 5.43. The van der Waals surface area contributed by atoms with E-state index in [0.717, 1.165) is 25.7 Å². The van der Waals surface area contributed by atoms with Gasteiger partial charge in [-0.25, -0.2) is 0 Å². The van der Waals surface area contributed by atoms with Crippen LogP contribution in [0.25, 0.3) is 0 Å². The minimum Gasteiger partial charge on any atom is -0.381 e. The van der Waals surface area contributed by atoms with Gasteiger partial charge in [0.1, 0.15) is 0 Å². The monoisotopic (exact) mass is 240 g/mol. The Morgan fingerprint density at radius 2 is 2.12 bits per heavy atom. The van der Waals surface area contributed by atoms with Crippen molar-refractivity contribution in [1.82, 2.24) is 10.2 Å². The molecule has 2 fully saturated rings. The van der Waals surface area contributed by atoms with Gasteiger partial charge in [-0.3, -0.25) is 0 Å². The Balaban J connectivity index is 1.50. The Hall–Kier alpha value is -0.120. The van der Waals surface area contributed by atoms with E-state index in [2.05, 4.69) is 17.1 Å². The molecule has 0 aromatic carbocycles. The quantitative estimate of drug-likeness (QED) is 0.717. The van der Waals surface area contributed by atoms with Crippen molar-refractivity contribution in [2.75, 3.05) is 39.4 Å².